The minimum Gasteiger partial charge on any atom is -0.466 e. The zero-order valence-corrected chi connectivity index (χ0v) is 14.2. The van der Waals surface area contributed by atoms with E-state index in [9.17, 15) is 9.59 Å². The van der Waals surface area contributed by atoms with Gasteiger partial charge in [0.15, 0.2) is 11.5 Å². The van der Waals surface area contributed by atoms with Crippen molar-refractivity contribution in [3.05, 3.63) is 23.3 Å². The fourth-order valence-electron chi connectivity index (χ4n) is 3.57. The van der Waals surface area contributed by atoms with Crippen LogP contribution in [0.2, 0.25) is 0 Å². The highest BCUT2D eigenvalue weighted by Crippen LogP contribution is 2.46. The average Bonchev–Trinajstić information content (AvgIpc) is 2.99. The molecule has 0 saturated heterocycles. The molecular weight excluding hydrogens is 312 g/mol. The van der Waals surface area contributed by atoms with E-state index in [2.05, 4.69) is 0 Å². The second kappa shape index (κ2) is 6.71. The highest BCUT2D eigenvalue weighted by molar-refractivity contribution is 5.88. The van der Waals surface area contributed by atoms with Gasteiger partial charge in [-0.05, 0) is 49.4 Å². The third kappa shape index (κ3) is 2.81. The van der Waals surface area contributed by atoms with Gasteiger partial charge < -0.3 is 18.9 Å². The van der Waals surface area contributed by atoms with Crippen LogP contribution in [-0.4, -0.2) is 31.9 Å². The van der Waals surface area contributed by atoms with Crippen molar-refractivity contribution < 1.29 is 28.5 Å². The molecule has 24 heavy (non-hydrogen) atoms. The molecule has 3 rings (SSSR count). The zero-order chi connectivity index (χ0) is 17.3. The Hall–Kier alpha value is -2.24. The first kappa shape index (κ1) is 16.6. The van der Waals surface area contributed by atoms with Crippen molar-refractivity contribution in [3.8, 4) is 11.5 Å². The summed E-state index contributed by atoms with van der Waals surface area (Å²) < 4.78 is 21.3. The average molecular weight is 334 g/mol. The van der Waals surface area contributed by atoms with Gasteiger partial charge in [0.2, 0.25) is 6.79 Å². The normalized spacial score (nSPS) is 24.2. The summed E-state index contributed by atoms with van der Waals surface area (Å²) in [6.45, 7) is 6.19. The van der Waals surface area contributed by atoms with Crippen LogP contribution in [0.25, 0.3) is 0 Å². The lowest BCUT2D eigenvalue weighted by Gasteiger charge is -2.35. The number of rotatable bonds is 4. The van der Waals surface area contributed by atoms with Crippen molar-refractivity contribution in [1.82, 2.24) is 0 Å². The third-order valence-corrected chi connectivity index (χ3v) is 4.58. The van der Waals surface area contributed by atoms with Gasteiger partial charge in [0.25, 0.3) is 0 Å². The molecule has 0 spiro atoms. The molecule has 0 aromatic heterocycles. The maximum atomic E-state index is 12.6. The summed E-state index contributed by atoms with van der Waals surface area (Å²) in [5, 5.41) is 0. The zero-order valence-electron chi connectivity index (χ0n) is 14.2. The SMILES string of the molecule is CCOC(=O)C1c2cc3c(cc2CC(C)C1C(=O)OCC)OCO3. The molecule has 6 heteroatoms. The van der Waals surface area contributed by atoms with Crippen molar-refractivity contribution in [3.63, 3.8) is 0 Å². The molecule has 3 atom stereocenters. The largest absolute Gasteiger partial charge is 0.466 e. The van der Waals surface area contributed by atoms with E-state index in [0.717, 1.165) is 11.1 Å². The number of carbonyl (C=O) groups excluding carboxylic acids is 2. The summed E-state index contributed by atoms with van der Waals surface area (Å²) in [6, 6.07) is 3.71. The van der Waals surface area contributed by atoms with Crippen LogP contribution in [0.3, 0.4) is 0 Å². The maximum Gasteiger partial charge on any atom is 0.314 e. The van der Waals surface area contributed by atoms with E-state index in [1.807, 2.05) is 13.0 Å². The van der Waals surface area contributed by atoms with Crippen LogP contribution < -0.4 is 9.47 Å². The Balaban J connectivity index is 2.06. The Bertz CT molecular complexity index is 653. The molecule has 1 aliphatic carbocycles. The van der Waals surface area contributed by atoms with E-state index < -0.39 is 17.8 Å². The number of benzene rings is 1. The number of ether oxygens (including phenoxy) is 4. The molecule has 0 fully saturated rings. The van der Waals surface area contributed by atoms with Crippen molar-refractivity contribution in [2.24, 2.45) is 11.8 Å². The number of hydrogen-bond acceptors (Lipinski definition) is 6. The number of hydrogen-bond donors (Lipinski definition) is 0. The van der Waals surface area contributed by atoms with E-state index in [4.69, 9.17) is 18.9 Å². The molecule has 6 nitrogen and oxygen atoms in total. The highest BCUT2D eigenvalue weighted by atomic mass is 16.7. The van der Waals surface area contributed by atoms with Crippen LogP contribution in [0.4, 0.5) is 0 Å². The summed E-state index contributed by atoms with van der Waals surface area (Å²) in [4.78, 5) is 25.1. The summed E-state index contributed by atoms with van der Waals surface area (Å²) >= 11 is 0. The van der Waals surface area contributed by atoms with Gasteiger partial charge in [0.05, 0.1) is 25.0 Å². The van der Waals surface area contributed by atoms with Gasteiger partial charge >= 0.3 is 11.9 Å². The Morgan fingerprint density at radius 3 is 2.38 bits per heavy atom. The summed E-state index contributed by atoms with van der Waals surface area (Å²) in [5.41, 5.74) is 1.76. The van der Waals surface area contributed by atoms with Gasteiger partial charge in [0.1, 0.15) is 0 Å². The van der Waals surface area contributed by atoms with E-state index in [1.54, 1.807) is 19.9 Å². The van der Waals surface area contributed by atoms with Gasteiger partial charge in [0, 0.05) is 0 Å². The fourth-order valence-corrected chi connectivity index (χ4v) is 3.57. The summed E-state index contributed by atoms with van der Waals surface area (Å²) in [5.74, 6) is -0.757. The number of esters is 2. The number of carbonyl (C=O) groups is 2. The molecule has 3 unspecified atom stereocenters. The first-order valence-electron chi connectivity index (χ1n) is 8.32. The van der Waals surface area contributed by atoms with Crippen LogP contribution in [0.15, 0.2) is 12.1 Å². The molecule has 0 saturated carbocycles. The molecule has 0 bridgehead atoms. The highest BCUT2D eigenvalue weighted by Gasteiger charge is 2.45. The third-order valence-electron chi connectivity index (χ3n) is 4.58. The molecule has 0 amide bonds. The Morgan fingerprint density at radius 2 is 1.71 bits per heavy atom. The Kier molecular flexibility index (Phi) is 4.64. The Labute approximate surface area is 141 Å². The first-order chi connectivity index (χ1) is 11.6. The number of fused-ring (bicyclic) bond motifs is 2. The van der Waals surface area contributed by atoms with E-state index in [0.29, 0.717) is 17.9 Å². The predicted molar refractivity (Wildman–Crippen MR) is 84.9 cm³/mol. The molecule has 2 aliphatic rings. The summed E-state index contributed by atoms with van der Waals surface area (Å²) in [7, 11) is 0. The van der Waals surface area contributed by atoms with Crippen molar-refractivity contribution in [1.29, 1.82) is 0 Å². The van der Waals surface area contributed by atoms with Crippen LogP contribution in [0.5, 0.6) is 11.5 Å². The topological polar surface area (TPSA) is 71.1 Å². The van der Waals surface area contributed by atoms with Crippen LogP contribution in [0, 0.1) is 11.8 Å². The van der Waals surface area contributed by atoms with Gasteiger partial charge in [-0.2, -0.15) is 0 Å². The predicted octanol–water partition coefficient (Wildman–Crippen LogP) is 2.43. The Morgan fingerprint density at radius 1 is 1.08 bits per heavy atom. The minimum absolute atomic E-state index is 0.0358. The van der Waals surface area contributed by atoms with Gasteiger partial charge in [-0.1, -0.05) is 6.92 Å². The minimum atomic E-state index is -0.683. The van der Waals surface area contributed by atoms with Crippen LogP contribution >= 0.6 is 0 Å². The van der Waals surface area contributed by atoms with Gasteiger partial charge in [-0.3, -0.25) is 9.59 Å². The lowest BCUT2D eigenvalue weighted by Crippen LogP contribution is -2.39. The molecule has 1 aromatic rings. The monoisotopic (exact) mass is 334 g/mol. The maximum absolute atomic E-state index is 12.6. The van der Waals surface area contributed by atoms with Crippen molar-refractivity contribution in [2.75, 3.05) is 20.0 Å². The molecule has 130 valence electrons. The van der Waals surface area contributed by atoms with Crippen molar-refractivity contribution >= 4 is 11.9 Å². The molecule has 0 radical (unpaired) electrons. The van der Waals surface area contributed by atoms with Crippen LogP contribution in [-0.2, 0) is 25.5 Å². The smallest absolute Gasteiger partial charge is 0.314 e. The molecule has 1 aliphatic heterocycles. The standard InChI is InChI=1S/C18H22O6/c1-4-21-17(19)15-10(3)6-11-7-13-14(24-9-23-13)8-12(11)16(15)18(20)22-5-2/h7-8,10,15-16H,4-6,9H2,1-3H3. The molecule has 1 heterocycles. The summed E-state index contributed by atoms with van der Waals surface area (Å²) in [6.07, 6.45) is 0.672. The second-order valence-corrected chi connectivity index (χ2v) is 6.09. The van der Waals surface area contributed by atoms with Crippen LogP contribution in [0.1, 0.15) is 37.8 Å². The molecule has 1 aromatic carbocycles. The van der Waals surface area contributed by atoms with Gasteiger partial charge in [-0.25, -0.2) is 0 Å². The quantitative estimate of drug-likeness (QED) is 0.788. The lowest BCUT2D eigenvalue weighted by atomic mass is 9.69. The molecule has 0 N–H and O–H groups in total. The van der Waals surface area contributed by atoms with E-state index in [-0.39, 0.29) is 31.9 Å². The van der Waals surface area contributed by atoms with E-state index >= 15 is 0 Å². The molecular formula is C18H22O6. The lowest BCUT2D eigenvalue weighted by molar-refractivity contribution is -0.159. The first-order valence-corrected chi connectivity index (χ1v) is 8.32. The second-order valence-electron chi connectivity index (χ2n) is 6.09. The van der Waals surface area contributed by atoms with Gasteiger partial charge in [-0.15, -0.1) is 0 Å². The van der Waals surface area contributed by atoms with E-state index in [1.165, 1.54) is 0 Å². The fraction of sp³-hybridized carbons (Fsp3) is 0.556. The van der Waals surface area contributed by atoms with Crippen molar-refractivity contribution in [2.45, 2.75) is 33.1 Å².